The lowest BCUT2D eigenvalue weighted by Gasteiger charge is -2.39. The van der Waals surface area contributed by atoms with Crippen molar-refractivity contribution in [3.05, 3.63) is 101 Å². The normalized spacial score (nSPS) is 14.3. The number of aryl methyl sites for hydroxylation is 1. The Kier molecular flexibility index (Phi) is 10.3. The van der Waals surface area contributed by atoms with E-state index < -0.39 is 15.8 Å². The van der Waals surface area contributed by atoms with E-state index >= 15 is 0 Å². The Balaban J connectivity index is 1.53. The third kappa shape index (κ3) is 7.78. The zero-order chi connectivity index (χ0) is 29.4. The van der Waals surface area contributed by atoms with E-state index in [1.54, 1.807) is 28.0 Å². The molecule has 0 bridgehead atoms. The number of amides is 2. The van der Waals surface area contributed by atoms with Crippen LogP contribution in [0.2, 0.25) is 0 Å². The van der Waals surface area contributed by atoms with E-state index in [4.69, 9.17) is 4.74 Å². The maximum atomic E-state index is 13.9. The van der Waals surface area contributed by atoms with Crippen molar-refractivity contribution in [1.82, 2.24) is 14.1 Å². The van der Waals surface area contributed by atoms with E-state index in [0.717, 1.165) is 11.1 Å². The first kappa shape index (κ1) is 30.4. The maximum Gasteiger partial charge on any atom is 0.253 e. The molecule has 0 aliphatic carbocycles. The van der Waals surface area contributed by atoms with E-state index in [-0.39, 0.29) is 42.4 Å². The molecule has 41 heavy (non-hydrogen) atoms. The van der Waals surface area contributed by atoms with E-state index in [9.17, 15) is 22.4 Å². The van der Waals surface area contributed by atoms with Crippen LogP contribution in [0.15, 0.2) is 83.8 Å². The van der Waals surface area contributed by atoms with Crippen LogP contribution in [0.4, 0.5) is 4.39 Å². The summed E-state index contributed by atoms with van der Waals surface area (Å²) in [7, 11) is -2.45. The van der Waals surface area contributed by atoms with Crippen LogP contribution in [0.1, 0.15) is 34.3 Å². The van der Waals surface area contributed by atoms with Gasteiger partial charge in [-0.3, -0.25) is 9.59 Å². The highest BCUT2D eigenvalue weighted by atomic mass is 32.2. The molecule has 0 unspecified atom stereocenters. The lowest BCUT2D eigenvalue weighted by Crippen LogP contribution is -2.51. The first-order valence-corrected chi connectivity index (χ1v) is 15.1. The molecule has 0 saturated carbocycles. The fourth-order valence-corrected chi connectivity index (χ4v) is 6.32. The van der Waals surface area contributed by atoms with Crippen molar-refractivity contribution in [3.8, 4) is 0 Å². The molecule has 0 N–H and O–H groups in total. The fourth-order valence-electron chi connectivity index (χ4n) is 4.93. The lowest BCUT2D eigenvalue weighted by atomic mass is 10.0. The molecule has 2 amide bonds. The number of piperidine rings is 1. The van der Waals surface area contributed by atoms with Crippen LogP contribution in [0, 0.1) is 12.7 Å². The SMILES string of the molecule is COCCN(CC(=O)N(Cc1ccc(C)cc1)C1CCN(C(=O)c2ccc(F)cc2)CC1)S(=O)(=O)c1ccccc1. The number of nitrogens with zero attached hydrogens (tertiary/aromatic N) is 3. The van der Waals surface area contributed by atoms with Crippen LogP contribution in [0.25, 0.3) is 0 Å². The van der Waals surface area contributed by atoms with Gasteiger partial charge in [-0.1, -0.05) is 48.0 Å². The van der Waals surface area contributed by atoms with Gasteiger partial charge in [0.25, 0.3) is 5.91 Å². The number of likely N-dealkylation sites (tertiary alicyclic amines) is 1. The zero-order valence-corrected chi connectivity index (χ0v) is 24.2. The highest BCUT2D eigenvalue weighted by Gasteiger charge is 2.33. The Labute approximate surface area is 241 Å². The number of rotatable bonds is 11. The summed E-state index contributed by atoms with van der Waals surface area (Å²) in [5.74, 6) is -0.900. The average Bonchev–Trinajstić information content (AvgIpc) is 2.99. The van der Waals surface area contributed by atoms with Crippen molar-refractivity contribution in [1.29, 1.82) is 0 Å². The van der Waals surface area contributed by atoms with Crippen LogP contribution >= 0.6 is 0 Å². The third-order valence-corrected chi connectivity index (χ3v) is 9.17. The smallest absolute Gasteiger partial charge is 0.253 e. The first-order chi connectivity index (χ1) is 19.7. The lowest BCUT2D eigenvalue weighted by molar-refractivity contribution is -0.135. The molecular formula is C31H36FN3O5S. The monoisotopic (exact) mass is 581 g/mol. The molecule has 0 radical (unpaired) electrons. The molecule has 1 heterocycles. The number of sulfonamides is 1. The molecular weight excluding hydrogens is 545 g/mol. The Morgan fingerprint density at radius 3 is 2.20 bits per heavy atom. The minimum absolute atomic E-state index is 0.0302. The second kappa shape index (κ2) is 13.8. The Morgan fingerprint density at radius 2 is 1.59 bits per heavy atom. The second-order valence-electron chi connectivity index (χ2n) is 10.2. The van der Waals surface area contributed by atoms with Gasteiger partial charge in [-0.15, -0.1) is 0 Å². The van der Waals surface area contributed by atoms with Gasteiger partial charge in [0.1, 0.15) is 5.82 Å². The maximum absolute atomic E-state index is 13.9. The fraction of sp³-hybridized carbons (Fsp3) is 0.355. The molecule has 1 aliphatic heterocycles. The highest BCUT2D eigenvalue weighted by Crippen LogP contribution is 2.23. The molecule has 8 nitrogen and oxygen atoms in total. The van der Waals surface area contributed by atoms with E-state index in [0.29, 0.717) is 38.0 Å². The van der Waals surface area contributed by atoms with Gasteiger partial charge in [0, 0.05) is 44.9 Å². The van der Waals surface area contributed by atoms with Crippen LogP contribution in [0.3, 0.4) is 0 Å². The molecule has 1 aliphatic rings. The predicted octanol–water partition coefficient (Wildman–Crippen LogP) is 4.10. The van der Waals surface area contributed by atoms with Gasteiger partial charge in [-0.25, -0.2) is 12.8 Å². The first-order valence-electron chi connectivity index (χ1n) is 13.6. The van der Waals surface area contributed by atoms with Gasteiger partial charge >= 0.3 is 0 Å². The van der Waals surface area contributed by atoms with Crippen LogP contribution in [-0.2, 0) is 26.1 Å². The number of ether oxygens (including phenoxy) is 1. The largest absolute Gasteiger partial charge is 0.383 e. The molecule has 0 spiro atoms. The molecule has 10 heteroatoms. The minimum atomic E-state index is -3.94. The molecule has 0 aromatic heterocycles. The van der Waals surface area contributed by atoms with Crippen molar-refractivity contribution in [2.45, 2.75) is 37.2 Å². The van der Waals surface area contributed by atoms with Crippen LogP contribution in [0.5, 0.6) is 0 Å². The molecule has 1 saturated heterocycles. The third-order valence-electron chi connectivity index (χ3n) is 7.31. The van der Waals surface area contributed by atoms with Crippen LogP contribution < -0.4 is 0 Å². The van der Waals surface area contributed by atoms with Gasteiger partial charge in [0.05, 0.1) is 18.0 Å². The number of methoxy groups -OCH3 is 1. The van der Waals surface area contributed by atoms with Crippen LogP contribution in [-0.4, -0.2) is 80.3 Å². The van der Waals surface area contributed by atoms with Crippen molar-refractivity contribution in [2.24, 2.45) is 0 Å². The summed E-state index contributed by atoms with van der Waals surface area (Å²) in [4.78, 5) is 30.4. The quantitative estimate of drug-likeness (QED) is 0.340. The van der Waals surface area contributed by atoms with E-state index in [1.165, 1.54) is 47.8 Å². The summed E-state index contributed by atoms with van der Waals surface area (Å²) in [6.07, 6.45) is 1.07. The summed E-state index contributed by atoms with van der Waals surface area (Å²) >= 11 is 0. The number of benzene rings is 3. The number of halogens is 1. The average molecular weight is 582 g/mol. The summed E-state index contributed by atoms with van der Waals surface area (Å²) in [5, 5.41) is 0. The molecule has 0 atom stereocenters. The summed E-state index contributed by atoms with van der Waals surface area (Å²) in [5.41, 5.74) is 2.44. The molecule has 4 rings (SSSR count). The van der Waals surface area contributed by atoms with Gasteiger partial charge in [0.2, 0.25) is 15.9 Å². The second-order valence-corrected chi connectivity index (χ2v) is 12.1. The number of carbonyl (C=O) groups is 2. The Morgan fingerprint density at radius 1 is 0.951 bits per heavy atom. The Hall–Kier alpha value is -3.60. The molecule has 218 valence electrons. The number of hydrogen-bond donors (Lipinski definition) is 0. The van der Waals surface area contributed by atoms with Gasteiger partial charge < -0.3 is 14.5 Å². The summed E-state index contributed by atoms with van der Waals surface area (Å²) in [6.45, 7) is 3.00. The number of carbonyl (C=O) groups excluding carboxylic acids is 2. The topological polar surface area (TPSA) is 87.2 Å². The molecule has 3 aromatic rings. The van der Waals surface area contributed by atoms with E-state index in [2.05, 4.69) is 0 Å². The summed E-state index contributed by atoms with van der Waals surface area (Å²) < 4.78 is 46.6. The van der Waals surface area contributed by atoms with Gasteiger partial charge in [-0.2, -0.15) is 4.31 Å². The Bertz CT molecular complexity index is 1410. The van der Waals surface area contributed by atoms with E-state index in [1.807, 2.05) is 31.2 Å². The van der Waals surface area contributed by atoms with Crippen molar-refractivity contribution in [3.63, 3.8) is 0 Å². The number of hydrogen-bond acceptors (Lipinski definition) is 5. The van der Waals surface area contributed by atoms with Gasteiger partial charge in [0.15, 0.2) is 0 Å². The van der Waals surface area contributed by atoms with Crippen molar-refractivity contribution >= 4 is 21.8 Å². The minimum Gasteiger partial charge on any atom is -0.383 e. The summed E-state index contributed by atoms with van der Waals surface area (Å²) in [6, 6.07) is 21.2. The van der Waals surface area contributed by atoms with Crippen molar-refractivity contribution in [2.75, 3.05) is 39.9 Å². The predicted molar refractivity (Wildman–Crippen MR) is 154 cm³/mol. The standard InChI is InChI=1S/C31H36FN3O5S/c1-24-8-10-25(11-9-24)22-35(28-16-18-33(19-17-28)31(37)26-12-14-27(32)15-13-26)30(36)23-34(20-21-40-2)41(38,39)29-6-4-3-5-7-29/h3-15,28H,16-23H2,1-2H3. The highest BCUT2D eigenvalue weighted by molar-refractivity contribution is 7.89. The van der Waals surface area contributed by atoms with Gasteiger partial charge in [-0.05, 0) is 61.7 Å². The molecule has 3 aromatic carbocycles. The zero-order valence-electron chi connectivity index (χ0n) is 23.4. The van der Waals surface area contributed by atoms with Crippen molar-refractivity contribution < 1.29 is 27.1 Å². The molecule has 1 fully saturated rings.